The molecule has 1 aliphatic rings. The predicted molar refractivity (Wildman–Crippen MR) is 105 cm³/mol. The quantitative estimate of drug-likeness (QED) is 0.529. The molecule has 0 spiro atoms. The van der Waals surface area contributed by atoms with Crippen LogP contribution in [-0.2, 0) is 12.8 Å². The zero-order valence-corrected chi connectivity index (χ0v) is 15.0. The summed E-state index contributed by atoms with van der Waals surface area (Å²) in [6.07, 6.45) is 4.66. The summed E-state index contributed by atoms with van der Waals surface area (Å²) in [6.45, 7) is 1.92. The maximum Gasteiger partial charge on any atom is 0.281 e. The topological polar surface area (TPSA) is 41.5 Å². The number of benzene rings is 2. The van der Waals surface area contributed by atoms with Crippen molar-refractivity contribution >= 4 is 33.7 Å². The second-order valence-corrected chi connectivity index (χ2v) is 7.60. The molecular formula is C21H20N2OS. The molecule has 3 nitrogen and oxygen atoms in total. The monoisotopic (exact) mass is 348 g/mol. The molecule has 0 saturated carbocycles. The summed E-state index contributed by atoms with van der Waals surface area (Å²) in [6, 6.07) is 16.5. The van der Waals surface area contributed by atoms with Gasteiger partial charge in [-0.25, -0.2) is 5.43 Å². The van der Waals surface area contributed by atoms with Crippen LogP contribution >= 0.6 is 11.3 Å². The number of aryl methyl sites for hydroxylation is 2. The lowest BCUT2D eigenvalue weighted by atomic mass is 9.99. The van der Waals surface area contributed by atoms with Crippen LogP contribution in [0.2, 0.25) is 0 Å². The molecule has 0 radical (unpaired) electrons. The molecule has 1 amide bonds. The van der Waals surface area contributed by atoms with Crippen LogP contribution < -0.4 is 5.43 Å². The van der Waals surface area contributed by atoms with Crippen molar-refractivity contribution in [3.63, 3.8) is 0 Å². The first-order valence-electron chi connectivity index (χ1n) is 8.66. The van der Waals surface area contributed by atoms with Gasteiger partial charge in [0, 0.05) is 4.88 Å². The van der Waals surface area contributed by atoms with Gasteiger partial charge >= 0.3 is 0 Å². The van der Waals surface area contributed by atoms with Gasteiger partial charge in [-0.2, -0.15) is 5.10 Å². The number of carbonyl (C=O) groups excluding carboxylic acids is 1. The summed E-state index contributed by atoms with van der Waals surface area (Å²) >= 11 is 1.61. The fourth-order valence-corrected chi connectivity index (χ4v) is 4.41. The van der Waals surface area contributed by atoms with Gasteiger partial charge in [0.05, 0.1) is 10.6 Å². The average Bonchev–Trinajstić information content (AvgIpc) is 3.09. The second kappa shape index (κ2) is 6.81. The van der Waals surface area contributed by atoms with E-state index in [1.54, 1.807) is 11.3 Å². The molecule has 126 valence electrons. The first-order chi connectivity index (χ1) is 12.2. The third-order valence-corrected chi connectivity index (χ3v) is 5.95. The largest absolute Gasteiger partial charge is 0.281 e. The number of hydrogen-bond donors (Lipinski definition) is 1. The number of fused-ring (bicyclic) bond motifs is 2. The van der Waals surface area contributed by atoms with Crippen LogP contribution in [0.3, 0.4) is 0 Å². The Balaban J connectivity index is 1.51. The maximum atomic E-state index is 12.4. The van der Waals surface area contributed by atoms with Crippen molar-refractivity contribution in [3.8, 4) is 0 Å². The van der Waals surface area contributed by atoms with Crippen molar-refractivity contribution in [2.75, 3.05) is 0 Å². The third-order valence-electron chi connectivity index (χ3n) is 4.71. The molecule has 25 heavy (non-hydrogen) atoms. The molecule has 4 heteroatoms. The van der Waals surface area contributed by atoms with Crippen LogP contribution in [0, 0.1) is 0 Å². The highest BCUT2D eigenvalue weighted by atomic mass is 32.1. The Morgan fingerprint density at radius 1 is 1.04 bits per heavy atom. The molecule has 4 rings (SSSR count). The first kappa shape index (κ1) is 16.0. The van der Waals surface area contributed by atoms with Gasteiger partial charge in [-0.1, -0.05) is 36.4 Å². The van der Waals surface area contributed by atoms with Crippen LogP contribution in [0.5, 0.6) is 0 Å². The highest BCUT2D eigenvalue weighted by Gasteiger charge is 2.17. The number of amides is 1. The molecule has 0 atom stereocenters. The highest BCUT2D eigenvalue weighted by Crippen LogP contribution is 2.29. The number of thiophene rings is 1. The molecule has 1 aromatic heterocycles. The lowest BCUT2D eigenvalue weighted by Crippen LogP contribution is -2.18. The van der Waals surface area contributed by atoms with E-state index in [-0.39, 0.29) is 5.91 Å². The van der Waals surface area contributed by atoms with Crippen LogP contribution in [-0.4, -0.2) is 11.6 Å². The van der Waals surface area contributed by atoms with Crippen molar-refractivity contribution < 1.29 is 4.79 Å². The Hall–Kier alpha value is -2.46. The fraction of sp³-hybridized carbons (Fsp3) is 0.238. The van der Waals surface area contributed by atoms with E-state index in [2.05, 4.69) is 34.8 Å². The van der Waals surface area contributed by atoms with Gasteiger partial charge in [0.2, 0.25) is 0 Å². The summed E-state index contributed by atoms with van der Waals surface area (Å²) in [5.74, 6) is -0.112. The molecule has 1 N–H and O–H groups in total. The van der Waals surface area contributed by atoms with Gasteiger partial charge in [0.25, 0.3) is 5.91 Å². The molecule has 1 aliphatic carbocycles. The molecule has 3 aromatic rings. The van der Waals surface area contributed by atoms with Gasteiger partial charge < -0.3 is 0 Å². The number of rotatable bonds is 3. The van der Waals surface area contributed by atoms with E-state index in [4.69, 9.17) is 0 Å². The van der Waals surface area contributed by atoms with Gasteiger partial charge in [-0.15, -0.1) is 11.3 Å². The van der Waals surface area contributed by atoms with Crippen LogP contribution in [0.25, 0.3) is 10.8 Å². The Kier molecular flexibility index (Phi) is 4.36. The van der Waals surface area contributed by atoms with E-state index in [9.17, 15) is 4.79 Å². The number of hydrogen-bond acceptors (Lipinski definition) is 3. The maximum absolute atomic E-state index is 12.4. The average molecular weight is 348 g/mol. The summed E-state index contributed by atoms with van der Waals surface area (Å²) in [7, 11) is 0. The number of nitrogens with zero attached hydrogens (tertiary/aromatic N) is 1. The Labute approximate surface area is 151 Å². The minimum atomic E-state index is -0.112. The molecule has 2 aromatic carbocycles. The van der Waals surface area contributed by atoms with Crippen molar-refractivity contribution in [2.24, 2.45) is 5.10 Å². The molecule has 1 heterocycles. The lowest BCUT2D eigenvalue weighted by Gasteiger charge is -2.08. The van der Waals surface area contributed by atoms with Crippen molar-refractivity contribution in [1.29, 1.82) is 0 Å². The normalized spacial score (nSPS) is 14.4. The first-order valence-corrected chi connectivity index (χ1v) is 9.48. The summed E-state index contributed by atoms with van der Waals surface area (Å²) in [4.78, 5) is 14.5. The van der Waals surface area contributed by atoms with E-state index >= 15 is 0 Å². The zero-order chi connectivity index (χ0) is 17.2. The van der Waals surface area contributed by atoms with Crippen molar-refractivity contribution in [1.82, 2.24) is 5.43 Å². The fourth-order valence-electron chi connectivity index (χ4n) is 3.27. The Morgan fingerprint density at radius 3 is 2.68 bits per heavy atom. The van der Waals surface area contributed by atoms with Gasteiger partial charge in [0.1, 0.15) is 0 Å². The van der Waals surface area contributed by atoms with E-state index in [0.717, 1.165) is 29.0 Å². The second-order valence-electron chi connectivity index (χ2n) is 6.47. The zero-order valence-electron chi connectivity index (χ0n) is 14.2. The molecule has 0 saturated heterocycles. The van der Waals surface area contributed by atoms with E-state index in [0.29, 0.717) is 0 Å². The molecule has 0 aliphatic heterocycles. The third kappa shape index (κ3) is 3.35. The van der Waals surface area contributed by atoms with Crippen molar-refractivity contribution in [2.45, 2.75) is 32.6 Å². The standard InChI is InChI=1S/C21H20N2OS/c1-14(16-11-10-15-6-2-3-7-17(15)12-16)22-23-21(24)20-13-18-8-4-5-9-19(18)25-20/h2-3,6-7,10-13H,4-5,8-9H2,1H3,(H,23,24). The molecule has 0 bridgehead atoms. The smallest absolute Gasteiger partial charge is 0.266 e. The van der Waals surface area contributed by atoms with E-state index in [1.807, 2.05) is 31.2 Å². The summed E-state index contributed by atoms with van der Waals surface area (Å²) in [5, 5.41) is 6.68. The van der Waals surface area contributed by atoms with Gasteiger partial charge in [-0.05, 0) is 66.6 Å². The van der Waals surface area contributed by atoms with Gasteiger partial charge in [-0.3, -0.25) is 4.79 Å². The minimum absolute atomic E-state index is 0.112. The van der Waals surface area contributed by atoms with Crippen LogP contribution in [0.15, 0.2) is 53.6 Å². The number of nitrogens with one attached hydrogen (secondary N) is 1. The molecule has 0 unspecified atom stereocenters. The molecule has 0 fully saturated rings. The SMILES string of the molecule is CC(=NNC(=O)c1cc2c(s1)CCCC2)c1ccc2ccccc2c1. The van der Waals surface area contributed by atoms with E-state index < -0.39 is 0 Å². The highest BCUT2D eigenvalue weighted by molar-refractivity contribution is 7.14. The summed E-state index contributed by atoms with van der Waals surface area (Å²) < 4.78 is 0. The number of carbonyl (C=O) groups is 1. The van der Waals surface area contributed by atoms with Crippen LogP contribution in [0.1, 0.15) is 45.4 Å². The predicted octanol–water partition coefficient (Wildman–Crippen LogP) is 4.93. The van der Waals surface area contributed by atoms with E-state index in [1.165, 1.54) is 34.1 Å². The van der Waals surface area contributed by atoms with Crippen LogP contribution in [0.4, 0.5) is 0 Å². The molecular weight excluding hydrogens is 328 g/mol. The minimum Gasteiger partial charge on any atom is -0.266 e. The lowest BCUT2D eigenvalue weighted by molar-refractivity contribution is 0.0959. The Bertz CT molecular complexity index is 947. The van der Waals surface area contributed by atoms with Crippen molar-refractivity contribution in [3.05, 3.63) is 69.4 Å². The Morgan fingerprint density at radius 2 is 1.84 bits per heavy atom. The van der Waals surface area contributed by atoms with Gasteiger partial charge in [0.15, 0.2) is 0 Å². The summed E-state index contributed by atoms with van der Waals surface area (Å²) in [5.41, 5.74) is 5.88. The number of hydrazone groups is 1.